The Bertz CT molecular complexity index is 1260. The van der Waals surface area contributed by atoms with Gasteiger partial charge in [0.25, 0.3) is 5.91 Å². The molecule has 0 fully saturated rings. The molecule has 0 spiro atoms. The highest BCUT2D eigenvalue weighted by atomic mass is 35.5. The first kappa shape index (κ1) is 22.5. The number of thioether (sulfide) groups is 1. The molecular formula is C25H20ClN5OS. The van der Waals surface area contributed by atoms with Gasteiger partial charge in [-0.3, -0.25) is 9.36 Å². The van der Waals surface area contributed by atoms with Gasteiger partial charge in [0.1, 0.15) is 0 Å². The number of nitrogens with zero attached hydrogens (tertiary/aromatic N) is 4. The second-order valence-corrected chi connectivity index (χ2v) is 8.23. The summed E-state index contributed by atoms with van der Waals surface area (Å²) in [5.41, 5.74) is 5.36. The first-order valence-corrected chi connectivity index (χ1v) is 11.5. The molecule has 164 valence electrons. The number of rotatable bonds is 8. The van der Waals surface area contributed by atoms with E-state index < -0.39 is 0 Å². The van der Waals surface area contributed by atoms with E-state index in [1.165, 1.54) is 11.8 Å². The topological polar surface area (TPSA) is 72.2 Å². The molecular weight excluding hydrogens is 454 g/mol. The lowest BCUT2D eigenvalue weighted by atomic mass is 10.2. The van der Waals surface area contributed by atoms with Gasteiger partial charge >= 0.3 is 0 Å². The summed E-state index contributed by atoms with van der Waals surface area (Å²) >= 11 is 7.34. The number of aromatic nitrogens is 3. The number of benzene rings is 3. The van der Waals surface area contributed by atoms with E-state index in [-0.39, 0.29) is 11.7 Å². The van der Waals surface area contributed by atoms with Crippen molar-refractivity contribution in [2.75, 3.05) is 5.75 Å². The highest BCUT2D eigenvalue weighted by molar-refractivity contribution is 7.99. The molecule has 0 aliphatic heterocycles. The first-order chi connectivity index (χ1) is 16.2. The Morgan fingerprint density at radius 3 is 2.39 bits per heavy atom. The number of hydrogen-bond donors (Lipinski definition) is 1. The lowest BCUT2D eigenvalue weighted by Crippen LogP contribution is -2.19. The molecule has 3 aromatic carbocycles. The van der Waals surface area contributed by atoms with Crippen LogP contribution < -0.4 is 5.43 Å². The van der Waals surface area contributed by atoms with Crippen molar-refractivity contribution >= 4 is 41.6 Å². The lowest BCUT2D eigenvalue weighted by molar-refractivity contribution is -0.118. The van der Waals surface area contributed by atoms with Gasteiger partial charge in [0.15, 0.2) is 11.0 Å². The summed E-state index contributed by atoms with van der Waals surface area (Å²) in [5.74, 6) is 0.585. The minimum atomic E-state index is -0.240. The van der Waals surface area contributed by atoms with Gasteiger partial charge in [0, 0.05) is 22.5 Å². The van der Waals surface area contributed by atoms with Gasteiger partial charge in [-0.25, -0.2) is 5.43 Å². The average Bonchev–Trinajstić information content (AvgIpc) is 3.28. The third kappa shape index (κ3) is 6.19. The highest BCUT2D eigenvalue weighted by Crippen LogP contribution is 2.28. The predicted octanol–water partition coefficient (Wildman–Crippen LogP) is 5.50. The first-order valence-electron chi connectivity index (χ1n) is 10.1. The average molecular weight is 474 g/mol. The molecule has 4 rings (SSSR count). The second-order valence-electron chi connectivity index (χ2n) is 6.86. The zero-order chi connectivity index (χ0) is 22.9. The summed E-state index contributed by atoms with van der Waals surface area (Å²) in [6.07, 6.45) is 5.22. The quantitative estimate of drug-likeness (QED) is 0.208. The fourth-order valence-corrected chi connectivity index (χ4v) is 3.86. The molecule has 4 aromatic rings. The van der Waals surface area contributed by atoms with Gasteiger partial charge in [0.05, 0.1) is 5.75 Å². The van der Waals surface area contributed by atoms with Gasteiger partial charge in [-0.1, -0.05) is 90.1 Å². The molecule has 0 aliphatic rings. The van der Waals surface area contributed by atoms with Crippen molar-refractivity contribution in [2.45, 2.75) is 5.16 Å². The molecule has 33 heavy (non-hydrogen) atoms. The summed E-state index contributed by atoms with van der Waals surface area (Å²) in [5, 5.41) is 13.9. The second kappa shape index (κ2) is 11.3. The number of carbonyl (C=O) groups excluding carboxylic acids is 1. The van der Waals surface area contributed by atoms with Crippen LogP contribution in [0.4, 0.5) is 0 Å². The molecule has 8 heteroatoms. The Labute approximate surface area is 201 Å². The monoisotopic (exact) mass is 473 g/mol. The van der Waals surface area contributed by atoms with Gasteiger partial charge < -0.3 is 0 Å². The third-order valence-electron chi connectivity index (χ3n) is 4.52. The van der Waals surface area contributed by atoms with E-state index in [9.17, 15) is 4.79 Å². The fourth-order valence-electron chi connectivity index (χ4n) is 2.99. The van der Waals surface area contributed by atoms with Crippen LogP contribution in [0.1, 0.15) is 5.56 Å². The standard InChI is InChI=1S/C25H20ClN5OS/c26-21-13-15-22(16-14-21)31-24(20-11-5-2-6-12-20)29-30-25(31)33-18-23(32)28-27-17-7-10-19-8-3-1-4-9-19/h1-17H,18H2,(H,28,32)/b10-7+,27-17-. The molecule has 0 saturated carbocycles. The minimum absolute atomic E-state index is 0.139. The summed E-state index contributed by atoms with van der Waals surface area (Å²) in [4.78, 5) is 12.3. The third-order valence-corrected chi connectivity index (χ3v) is 5.70. The molecule has 6 nitrogen and oxygen atoms in total. The van der Waals surface area contributed by atoms with E-state index >= 15 is 0 Å². The summed E-state index contributed by atoms with van der Waals surface area (Å²) in [7, 11) is 0. The van der Waals surface area contributed by atoms with E-state index in [2.05, 4.69) is 20.7 Å². The molecule has 0 unspecified atom stereocenters. The molecule has 0 saturated heterocycles. The van der Waals surface area contributed by atoms with Crippen molar-refractivity contribution in [1.82, 2.24) is 20.2 Å². The minimum Gasteiger partial charge on any atom is -0.272 e. The van der Waals surface area contributed by atoms with Gasteiger partial charge in [-0.2, -0.15) is 5.10 Å². The number of allylic oxidation sites excluding steroid dienone is 1. The van der Waals surface area contributed by atoms with Crippen LogP contribution in [0.3, 0.4) is 0 Å². The summed E-state index contributed by atoms with van der Waals surface area (Å²) in [6.45, 7) is 0. The van der Waals surface area contributed by atoms with Crippen LogP contribution in [0.2, 0.25) is 5.02 Å². The molecule has 1 aromatic heterocycles. The number of nitrogens with one attached hydrogen (secondary N) is 1. The number of carbonyl (C=O) groups is 1. The molecule has 1 N–H and O–H groups in total. The maximum absolute atomic E-state index is 12.3. The predicted molar refractivity (Wildman–Crippen MR) is 135 cm³/mol. The van der Waals surface area contributed by atoms with Crippen molar-refractivity contribution < 1.29 is 4.79 Å². The Hall–Kier alpha value is -3.68. The Kier molecular flexibility index (Phi) is 7.68. The lowest BCUT2D eigenvalue weighted by Gasteiger charge is -2.10. The van der Waals surface area contributed by atoms with Crippen LogP contribution in [0.5, 0.6) is 0 Å². The number of hydrogen-bond acceptors (Lipinski definition) is 5. The summed E-state index contributed by atoms with van der Waals surface area (Å²) in [6, 6.07) is 27.0. The van der Waals surface area contributed by atoms with Gasteiger partial charge in [-0.15, -0.1) is 10.2 Å². The van der Waals surface area contributed by atoms with Crippen molar-refractivity contribution in [3.05, 3.63) is 102 Å². The molecule has 0 radical (unpaired) electrons. The Balaban J connectivity index is 1.44. The zero-order valence-electron chi connectivity index (χ0n) is 17.5. The molecule has 0 bridgehead atoms. The van der Waals surface area contributed by atoms with Crippen LogP contribution in [-0.4, -0.2) is 32.6 Å². The largest absolute Gasteiger partial charge is 0.272 e. The molecule has 1 heterocycles. The van der Waals surface area contributed by atoms with Gasteiger partial charge in [-0.05, 0) is 35.9 Å². The Morgan fingerprint density at radius 1 is 0.970 bits per heavy atom. The van der Waals surface area contributed by atoms with Crippen LogP contribution in [0.15, 0.2) is 101 Å². The van der Waals surface area contributed by atoms with E-state index in [0.29, 0.717) is 16.0 Å². The SMILES string of the molecule is O=C(CSc1nnc(-c2ccccc2)n1-c1ccc(Cl)cc1)N/N=C\C=C\c1ccccc1. The highest BCUT2D eigenvalue weighted by Gasteiger charge is 2.17. The van der Waals surface area contributed by atoms with Crippen LogP contribution in [0.25, 0.3) is 23.2 Å². The number of halogens is 1. The van der Waals surface area contributed by atoms with Crippen molar-refractivity contribution in [3.8, 4) is 17.1 Å². The fraction of sp³-hybridized carbons (Fsp3) is 0.0400. The normalized spacial score (nSPS) is 11.3. The smallest absolute Gasteiger partial charge is 0.250 e. The van der Waals surface area contributed by atoms with Crippen molar-refractivity contribution in [2.24, 2.45) is 5.10 Å². The Morgan fingerprint density at radius 2 is 1.67 bits per heavy atom. The van der Waals surface area contributed by atoms with E-state index in [1.807, 2.05) is 95.6 Å². The number of amides is 1. The maximum Gasteiger partial charge on any atom is 0.250 e. The zero-order valence-corrected chi connectivity index (χ0v) is 19.1. The van der Waals surface area contributed by atoms with Crippen molar-refractivity contribution in [3.63, 3.8) is 0 Å². The van der Waals surface area contributed by atoms with Crippen LogP contribution in [-0.2, 0) is 4.79 Å². The number of hydrazone groups is 1. The molecule has 0 atom stereocenters. The van der Waals surface area contributed by atoms with Crippen molar-refractivity contribution in [1.29, 1.82) is 0 Å². The van der Waals surface area contributed by atoms with E-state index in [0.717, 1.165) is 16.8 Å². The summed E-state index contributed by atoms with van der Waals surface area (Å²) < 4.78 is 1.91. The maximum atomic E-state index is 12.3. The molecule has 0 aliphatic carbocycles. The van der Waals surface area contributed by atoms with Crippen LogP contribution >= 0.6 is 23.4 Å². The van der Waals surface area contributed by atoms with Crippen LogP contribution in [0, 0.1) is 0 Å². The van der Waals surface area contributed by atoms with Gasteiger partial charge in [0.2, 0.25) is 0 Å². The molecule has 1 amide bonds. The van der Waals surface area contributed by atoms with E-state index in [4.69, 9.17) is 11.6 Å². The van der Waals surface area contributed by atoms with E-state index in [1.54, 1.807) is 12.3 Å².